The summed E-state index contributed by atoms with van der Waals surface area (Å²) < 4.78 is 15.6. The highest BCUT2D eigenvalue weighted by Crippen LogP contribution is 2.24. The van der Waals surface area contributed by atoms with E-state index in [1.165, 1.54) is 44.8 Å². The maximum absolute atomic E-state index is 13.0. The molecular formula is C13H11FN4O2S3. The number of benzene rings is 1. The molecule has 1 aromatic carbocycles. The van der Waals surface area contributed by atoms with E-state index >= 15 is 0 Å². The minimum Gasteiger partial charge on any atom is -0.336 e. The van der Waals surface area contributed by atoms with Gasteiger partial charge in [-0.25, -0.2) is 13.9 Å². The molecule has 3 rings (SSSR count). The standard InChI is InChI=1S/C13H11FN4O2S3/c14-8-1-3-9(4-2-8)18-13(21)23-12(16-18)22-7-10(19)17-6-5-15-11(17)20/h1-4H,5-7H2,(H,15,20). The molecule has 1 N–H and O–H groups in total. The first kappa shape index (κ1) is 16.1. The molecule has 0 bridgehead atoms. The van der Waals surface area contributed by atoms with Crippen molar-refractivity contribution in [3.63, 3.8) is 0 Å². The van der Waals surface area contributed by atoms with Crippen LogP contribution in [0.25, 0.3) is 5.69 Å². The summed E-state index contributed by atoms with van der Waals surface area (Å²) >= 11 is 7.73. The van der Waals surface area contributed by atoms with Crippen molar-refractivity contribution in [3.05, 3.63) is 34.0 Å². The van der Waals surface area contributed by atoms with E-state index < -0.39 is 0 Å². The quantitative estimate of drug-likeness (QED) is 0.661. The highest BCUT2D eigenvalue weighted by molar-refractivity contribution is 8.01. The van der Waals surface area contributed by atoms with Crippen LogP contribution in [0.15, 0.2) is 28.6 Å². The van der Waals surface area contributed by atoms with Gasteiger partial charge in [-0.3, -0.25) is 9.69 Å². The number of aromatic nitrogens is 2. The Hall–Kier alpha value is -1.78. The summed E-state index contributed by atoms with van der Waals surface area (Å²) in [7, 11) is 0. The molecule has 0 radical (unpaired) electrons. The largest absolute Gasteiger partial charge is 0.336 e. The van der Waals surface area contributed by atoms with Crippen molar-refractivity contribution in [2.45, 2.75) is 4.34 Å². The summed E-state index contributed by atoms with van der Waals surface area (Å²) in [5.41, 5.74) is 0.657. The molecule has 1 aliphatic rings. The zero-order valence-electron chi connectivity index (χ0n) is 11.7. The molecule has 1 aliphatic heterocycles. The molecule has 0 spiro atoms. The van der Waals surface area contributed by atoms with Crippen LogP contribution in [-0.2, 0) is 4.79 Å². The van der Waals surface area contributed by atoms with Gasteiger partial charge in [-0.2, -0.15) is 0 Å². The fourth-order valence-electron chi connectivity index (χ4n) is 1.98. The van der Waals surface area contributed by atoms with Gasteiger partial charge in [-0.05, 0) is 36.5 Å². The zero-order valence-corrected chi connectivity index (χ0v) is 14.1. The third-order valence-electron chi connectivity index (χ3n) is 3.08. The molecule has 3 amide bonds. The Balaban J connectivity index is 1.69. The van der Waals surface area contributed by atoms with Crippen LogP contribution < -0.4 is 5.32 Å². The lowest BCUT2D eigenvalue weighted by atomic mass is 10.3. The number of hydrogen-bond donors (Lipinski definition) is 1. The first-order chi connectivity index (χ1) is 11.0. The number of hydrogen-bond acceptors (Lipinski definition) is 6. The smallest absolute Gasteiger partial charge is 0.324 e. The van der Waals surface area contributed by atoms with E-state index in [2.05, 4.69) is 10.4 Å². The Morgan fingerprint density at radius 1 is 1.43 bits per heavy atom. The van der Waals surface area contributed by atoms with Gasteiger partial charge in [0.2, 0.25) is 5.91 Å². The van der Waals surface area contributed by atoms with Crippen LogP contribution in [0.3, 0.4) is 0 Å². The van der Waals surface area contributed by atoms with Gasteiger partial charge in [0.15, 0.2) is 8.29 Å². The van der Waals surface area contributed by atoms with E-state index in [9.17, 15) is 14.0 Å². The minimum atomic E-state index is -0.361. The lowest BCUT2D eigenvalue weighted by Gasteiger charge is -2.10. The van der Waals surface area contributed by atoms with E-state index in [1.54, 1.807) is 12.1 Å². The number of amides is 3. The molecule has 0 aliphatic carbocycles. The van der Waals surface area contributed by atoms with Crippen LogP contribution in [0.4, 0.5) is 9.18 Å². The molecule has 0 atom stereocenters. The van der Waals surface area contributed by atoms with Gasteiger partial charge in [-0.1, -0.05) is 23.1 Å². The summed E-state index contributed by atoms with van der Waals surface area (Å²) in [5, 5.41) is 6.91. The molecule has 0 saturated carbocycles. The molecule has 2 aromatic rings. The summed E-state index contributed by atoms with van der Waals surface area (Å²) in [4.78, 5) is 24.6. The van der Waals surface area contributed by atoms with Crippen LogP contribution in [0.2, 0.25) is 0 Å². The number of carbonyl (C=O) groups excluding carboxylic acids is 2. The average Bonchev–Trinajstić information content (AvgIpc) is 3.12. The van der Waals surface area contributed by atoms with Crippen molar-refractivity contribution >= 4 is 47.3 Å². The molecule has 1 saturated heterocycles. The first-order valence-electron chi connectivity index (χ1n) is 6.62. The second-order valence-electron chi connectivity index (χ2n) is 4.59. The van der Waals surface area contributed by atoms with Crippen LogP contribution in [0, 0.1) is 9.77 Å². The number of nitrogens with one attached hydrogen (secondary N) is 1. The summed E-state index contributed by atoms with van der Waals surface area (Å²) in [6.45, 7) is 0.866. The number of thioether (sulfide) groups is 1. The van der Waals surface area contributed by atoms with Gasteiger partial charge < -0.3 is 5.32 Å². The molecule has 0 unspecified atom stereocenters. The molecule has 1 aromatic heterocycles. The minimum absolute atomic E-state index is 0.110. The number of imide groups is 1. The van der Waals surface area contributed by atoms with E-state index in [0.29, 0.717) is 27.1 Å². The van der Waals surface area contributed by atoms with E-state index in [0.717, 1.165) is 0 Å². The molecule has 1 fully saturated rings. The lowest BCUT2D eigenvalue weighted by molar-refractivity contribution is -0.124. The Kier molecular flexibility index (Phi) is 4.74. The second-order valence-corrected chi connectivity index (χ2v) is 7.43. The van der Waals surface area contributed by atoms with Gasteiger partial charge in [0.05, 0.1) is 11.4 Å². The Morgan fingerprint density at radius 2 is 2.17 bits per heavy atom. The fraction of sp³-hybridized carbons (Fsp3) is 0.231. The number of rotatable bonds is 4. The van der Waals surface area contributed by atoms with E-state index in [-0.39, 0.29) is 23.5 Å². The van der Waals surface area contributed by atoms with E-state index in [4.69, 9.17) is 12.2 Å². The molecule has 6 nitrogen and oxygen atoms in total. The average molecular weight is 370 g/mol. The van der Waals surface area contributed by atoms with Crippen molar-refractivity contribution in [3.8, 4) is 5.69 Å². The topological polar surface area (TPSA) is 67.2 Å². The van der Waals surface area contributed by atoms with Crippen LogP contribution in [-0.4, -0.2) is 45.5 Å². The molecule has 2 heterocycles. The highest BCUT2D eigenvalue weighted by Gasteiger charge is 2.26. The fourth-order valence-corrected chi connectivity index (χ4v) is 4.21. The van der Waals surface area contributed by atoms with Gasteiger partial charge in [0, 0.05) is 13.1 Å². The zero-order chi connectivity index (χ0) is 16.4. The third kappa shape index (κ3) is 3.59. The number of nitrogens with zero attached hydrogens (tertiary/aromatic N) is 3. The summed E-state index contributed by atoms with van der Waals surface area (Å²) in [5.74, 6) is -0.488. The Morgan fingerprint density at radius 3 is 2.83 bits per heavy atom. The van der Waals surface area contributed by atoms with Crippen molar-refractivity contribution < 1.29 is 14.0 Å². The van der Waals surface area contributed by atoms with Gasteiger partial charge in [0.1, 0.15) is 5.82 Å². The van der Waals surface area contributed by atoms with Gasteiger partial charge >= 0.3 is 6.03 Å². The monoisotopic (exact) mass is 370 g/mol. The van der Waals surface area contributed by atoms with Crippen molar-refractivity contribution in [1.29, 1.82) is 0 Å². The van der Waals surface area contributed by atoms with Crippen LogP contribution >= 0.6 is 35.3 Å². The number of carbonyl (C=O) groups is 2. The molecule has 10 heteroatoms. The lowest BCUT2D eigenvalue weighted by Crippen LogP contribution is -2.35. The van der Waals surface area contributed by atoms with Crippen molar-refractivity contribution in [2.75, 3.05) is 18.8 Å². The molecule has 23 heavy (non-hydrogen) atoms. The first-order valence-corrected chi connectivity index (χ1v) is 8.83. The highest BCUT2D eigenvalue weighted by atomic mass is 32.2. The van der Waals surface area contributed by atoms with Gasteiger partial charge in [-0.15, -0.1) is 5.10 Å². The third-order valence-corrected chi connectivity index (χ3v) is 5.43. The van der Waals surface area contributed by atoms with Crippen LogP contribution in [0.5, 0.6) is 0 Å². The Bertz CT molecular complexity index is 802. The predicted molar refractivity (Wildman–Crippen MR) is 88.1 cm³/mol. The predicted octanol–water partition coefficient (Wildman–Crippen LogP) is 2.45. The summed E-state index contributed by atoms with van der Waals surface area (Å²) in [6.07, 6.45) is 0. The normalized spacial score (nSPS) is 14.1. The summed E-state index contributed by atoms with van der Waals surface area (Å²) in [6, 6.07) is 5.47. The maximum Gasteiger partial charge on any atom is 0.324 e. The van der Waals surface area contributed by atoms with Crippen molar-refractivity contribution in [2.24, 2.45) is 0 Å². The van der Waals surface area contributed by atoms with Crippen molar-refractivity contribution in [1.82, 2.24) is 20.0 Å². The molecular weight excluding hydrogens is 359 g/mol. The van der Waals surface area contributed by atoms with Crippen LogP contribution in [0.1, 0.15) is 0 Å². The number of urea groups is 1. The number of halogens is 1. The maximum atomic E-state index is 13.0. The Labute approximate surface area is 144 Å². The SMILES string of the molecule is O=C(CSc1nn(-c2ccc(F)cc2)c(=S)s1)N1CCNC1=O. The van der Waals surface area contributed by atoms with E-state index in [1.807, 2.05) is 0 Å². The second kappa shape index (κ2) is 6.77. The van der Waals surface area contributed by atoms with Gasteiger partial charge in [0.25, 0.3) is 0 Å². The molecule has 120 valence electrons.